The Hall–Kier alpha value is -1.33. The number of ether oxygens (including phenoxy) is 1. The number of aliphatic hydroxyl groups is 2. The molecule has 118 valence electrons. The summed E-state index contributed by atoms with van der Waals surface area (Å²) >= 11 is 0. The zero-order chi connectivity index (χ0) is 15.8. The molecule has 0 radical (unpaired) electrons. The van der Waals surface area contributed by atoms with E-state index >= 15 is 0 Å². The maximum Gasteiger partial charge on any atom is 0.330 e. The van der Waals surface area contributed by atoms with Crippen LogP contribution >= 0.6 is 7.75 Å². The van der Waals surface area contributed by atoms with E-state index in [1.165, 1.54) is 0 Å². The third-order valence-electron chi connectivity index (χ3n) is 2.98. The van der Waals surface area contributed by atoms with Gasteiger partial charge in [0.2, 0.25) is 0 Å². The molecule has 0 aliphatic carbocycles. The maximum atomic E-state index is 11.7. The maximum absolute atomic E-state index is 11.7. The third kappa shape index (κ3) is 3.47. The number of aromatic nitrogens is 2. The molecule has 0 aromatic carbocycles. The van der Waals surface area contributed by atoms with Crippen LogP contribution in [0.15, 0.2) is 21.9 Å². The minimum absolute atomic E-state index is 0.657. The first-order chi connectivity index (χ1) is 9.73. The summed E-state index contributed by atoms with van der Waals surface area (Å²) in [6, 6.07) is -0.499. The molecule has 21 heavy (non-hydrogen) atoms. The van der Waals surface area contributed by atoms with Crippen LogP contribution in [0.4, 0.5) is 0 Å². The first kappa shape index (κ1) is 16.0. The molecule has 0 amide bonds. The lowest BCUT2D eigenvalue weighted by atomic mass is 10.1. The Morgan fingerprint density at radius 1 is 1.48 bits per heavy atom. The van der Waals surface area contributed by atoms with Crippen LogP contribution in [0.2, 0.25) is 0 Å². The van der Waals surface area contributed by atoms with Crippen LogP contribution in [0.5, 0.6) is 0 Å². The average Bonchev–Trinajstić information content (AvgIpc) is 2.65. The highest BCUT2D eigenvalue weighted by Gasteiger charge is 2.44. The van der Waals surface area contributed by atoms with Crippen molar-refractivity contribution in [2.75, 3.05) is 6.61 Å². The normalized spacial score (nSPS) is 29.7. The fraction of sp³-hybridized carbons (Fsp3) is 0.556. The van der Waals surface area contributed by atoms with Gasteiger partial charge in [-0.1, -0.05) is 0 Å². The molecule has 2 unspecified atom stereocenters. The standard InChI is InChI=1S/C9H14N3O8P/c13-3-4-7(15)6(11-21(17,18)19)8(20-4)12-2-1-5(14)10-9(12)16/h1-2,4,6-8,13,15H,3H2,(H,10,14,16)(H3,11,17,18,19)/p-2/t4-,6?,7?,8-/m1/s1. The quantitative estimate of drug-likeness (QED) is 0.398. The van der Waals surface area contributed by atoms with Gasteiger partial charge in [0.25, 0.3) is 5.56 Å². The third-order valence-corrected chi connectivity index (χ3v) is 3.60. The van der Waals surface area contributed by atoms with Gasteiger partial charge in [0.05, 0.1) is 12.6 Å². The molecule has 0 bridgehead atoms. The molecular formula is C9H12N3O8P-2. The molecule has 0 saturated carbocycles. The highest BCUT2D eigenvalue weighted by Crippen LogP contribution is 2.32. The van der Waals surface area contributed by atoms with Gasteiger partial charge in [-0.05, 0) is 7.75 Å². The Balaban J connectivity index is 2.41. The second-order valence-corrected chi connectivity index (χ2v) is 5.66. The van der Waals surface area contributed by atoms with Crippen LogP contribution in [-0.4, -0.2) is 44.6 Å². The molecule has 2 rings (SSSR count). The number of aliphatic hydroxyl groups excluding tert-OH is 2. The van der Waals surface area contributed by atoms with E-state index in [-0.39, 0.29) is 0 Å². The molecule has 4 atom stereocenters. The summed E-state index contributed by atoms with van der Waals surface area (Å²) in [5.74, 6) is 0. The number of nitrogens with zero attached hydrogens (tertiary/aromatic N) is 1. The van der Waals surface area contributed by atoms with Crippen molar-refractivity contribution in [1.29, 1.82) is 0 Å². The highest BCUT2D eigenvalue weighted by atomic mass is 31.2. The van der Waals surface area contributed by atoms with E-state index in [4.69, 9.17) is 9.84 Å². The summed E-state index contributed by atoms with van der Waals surface area (Å²) in [6.07, 6.45) is -3.11. The van der Waals surface area contributed by atoms with Gasteiger partial charge in [-0.3, -0.25) is 19.4 Å². The Kier molecular flexibility index (Phi) is 4.44. The van der Waals surface area contributed by atoms with E-state index in [0.29, 0.717) is 0 Å². The van der Waals surface area contributed by atoms with E-state index in [0.717, 1.165) is 16.8 Å². The fourth-order valence-electron chi connectivity index (χ4n) is 2.08. The van der Waals surface area contributed by atoms with Crippen molar-refractivity contribution in [2.24, 2.45) is 0 Å². The van der Waals surface area contributed by atoms with Crippen molar-refractivity contribution in [2.45, 2.75) is 24.5 Å². The van der Waals surface area contributed by atoms with Gasteiger partial charge in [-0.15, -0.1) is 0 Å². The molecule has 1 aliphatic rings. The average molecular weight is 321 g/mol. The molecule has 1 aromatic rings. The second kappa shape index (κ2) is 5.81. The van der Waals surface area contributed by atoms with Gasteiger partial charge >= 0.3 is 5.69 Å². The van der Waals surface area contributed by atoms with Crippen molar-refractivity contribution in [3.8, 4) is 0 Å². The number of hydrogen-bond donors (Lipinski definition) is 4. The number of H-pyrrole nitrogens is 1. The van der Waals surface area contributed by atoms with Crippen molar-refractivity contribution in [3.05, 3.63) is 33.1 Å². The Morgan fingerprint density at radius 3 is 2.67 bits per heavy atom. The van der Waals surface area contributed by atoms with E-state index in [1.807, 2.05) is 4.98 Å². The van der Waals surface area contributed by atoms with Gasteiger partial charge in [-0.25, -0.2) is 4.79 Å². The molecule has 0 spiro atoms. The lowest BCUT2D eigenvalue weighted by Gasteiger charge is -2.36. The largest absolute Gasteiger partial charge is 0.799 e. The molecular weight excluding hydrogens is 309 g/mol. The zero-order valence-corrected chi connectivity index (χ0v) is 11.3. The SMILES string of the molecule is O=c1ccn([C@@H]2O[C@H](CO)C(O)C2NP(=O)([O-])[O-])c(=O)[nH]1. The van der Waals surface area contributed by atoms with E-state index in [2.05, 4.69) is 0 Å². The van der Waals surface area contributed by atoms with Crippen molar-refractivity contribution < 1.29 is 29.3 Å². The summed E-state index contributed by atoms with van der Waals surface area (Å²) in [7, 11) is -5.23. The number of aromatic amines is 1. The van der Waals surface area contributed by atoms with Crippen LogP contribution in [0.1, 0.15) is 6.23 Å². The van der Waals surface area contributed by atoms with E-state index in [1.54, 1.807) is 5.09 Å². The van der Waals surface area contributed by atoms with E-state index in [9.17, 15) is 29.0 Å². The summed E-state index contributed by atoms with van der Waals surface area (Å²) < 4.78 is 16.8. The first-order valence-electron chi connectivity index (χ1n) is 5.78. The smallest absolute Gasteiger partial charge is 0.330 e. The minimum Gasteiger partial charge on any atom is -0.799 e. The van der Waals surface area contributed by atoms with Gasteiger partial charge < -0.3 is 29.3 Å². The molecule has 12 heteroatoms. The van der Waals surface area contributed by atoms with Gasteiger partial charge in [-0.2, -0.15) is 0 Å². The Bertz CT molecular complexity index is 665. The molecule has 11 nitrogen and oxygen atoms in total. The highest BCUT2D eigenvalue weighted by molar-refractivity contribution is 7.46. The Labute approximate surface area is 117 Å². The lowest BCUT2D eigenvalue weighted by Crippen LogP contribution is -2.48. The molecule has 1 aliphatic heterocycles. The predicted molar refractivity (Wildman–Crippen MR) is 62.9 cm³/mol. The fourth-order valence-corrected chi connectivity index (χ4v) is 2.73. The number of rotatable bonds is 4. The first-order valence-corrected chi connectivity index (χ1v) is 7.33. The molecule has 2 heterocycles. The summed E-state index contributed by atoms with van der Waals surface area (Å²) in [5.41, 5.74) is -1.60. The minimum atomic E-state index is -5.23. The molecule has 1 fully saturated rings. The van der Waals surface area contributed by atoms with E-state index < -0.39 is 50.1 Å². The monoisotopic (exact) mass is 321 g/mol. The summed E-state index contributed by atoms with van der Waals surface area (Å²) in [5, 5.41) is 20.5. The Morgan fingerprint density at radius 2 is 2.14 bits per heavy atom. The van der Waals surface area contributed by atoms with Crippen LogP contribution in [0, 0.1) is 0 Å². The van der Waals surface area contributed by atoms with Crippen LogP contribution < -0.4 is 26.1 Å². The number of nitrogens with one attached hydrogen (secondary N) is 2. The van der Waals surface area contributed by atoms with Gasteiger partial charge in [0.1, 0.15) is 12.2 Å². The second-order valence-electron chi connectivity index (χ2n) is 4.41. The van der Waals surface area contributed by atoms with Crippen LogP contribution in [-0.2, 0) is 9.30 Å². The van der Waals surface area contributed by atoms with Crippen LogP contribution in [0.25, 0.3) is 0 Å². The van der Waals surface area contributed by atoms with Crippen molar-refractivity contribution in [1.82, 2.24) is 14.6 Å². The van der Waals surface area contributed by atoms with Gasteiger partial charge in [0, 0.05) is 12.3 Å². The summed E-state index contributed by atoms with van der Waals surface area (Å²) in [6.45, 7) is -0.657. The predicted octanol–water partition coefficient (Wildman–Crippen LogP) is -4.43. The molecule has 1 aromatic heterocycles. The molecule has 4 N–H and O–H groups in total. The van der Waals surface area contributed by atoms with Crippen LogP contribution in [0.3, 0.4) is 0 Å². The molecule has 1 saturated heterocycles. The number of hydrogen-bond acceptors (Lipinski definition) is 8. The van der Waals surface area contributed by atoms with Gasteiger partial charge in [0.15, 0.2) is 6.23 Å². The topological polar surface area (TPSA) is 180 Å². The lowest BCUT2D eigenvalue weighted by molar-refractivity contribution is -0.319. The zero-order valence-electron chi connectivity index (χ0n) is 10.4. The van der Waals surface area contributed by atoms with Crippen molar-refractivity contribution >= 4 is 7.75 Å². The summed E-state index contributed by atoms with van der Waals surface area (Å²) in [4.78, 5) is 46.2. The van der Waals surface area contributed by atoms with Crippen molar-refractivity contribution in [3.63, 3.8) is 0 Å².